The van der Waals surface area contributed by atoms with Crippen molar-refractivity contribution in [1.82, 2.24) is 14.7 Å². The fourth-order valence-electron chi connectivity index (χ4n) is 2.62. The number of fused-ring (bicyclic) bond motifs is 1. The third-order valence-electron chi connectivity index (χ3n) is 4.03. The molecule has 1 unspecified atom stereocenters. The molecule has 0 aliphatic rings. The molecule has 2 heterocycles. The lowest BCUT2D eigenvalue weighted by Gasteiger charge is -2.14. The zero-order valence-electron chi connectivity index (χ0n) is 15.0. The molecule has 0 saturated heterocycles. The average molecular weight is 353 g/mol. The van der Waals surface area contributed by atoms with E-state index in [2.05, 4.69) is 10.3 Å². The summed E-state index contributed by atoms with van der Waals surface area (Å²) >= 11 is 0. The number of nitrogens with one attached hydrogen (secondary N) is 1. The van der Waals surface area contributed by atoms with Gasteiger partial charge in [-0.1, -0.05) is 12.1 Å². The second-order valence-electron chi connectivity index (χ2n) is 6.17. The van der Waals surface area contributed by atoms with Crippen molar-refractivity contribution in [2.45, 2.75) is 26.0 Å². The van der Waals surface area contributed by atoms with E-state index in [0.29, 0.717) is 24.5 Å². The van der Waals surface area contributed by atoms with Gasteiger partial charge in [0.25, 0.3) is 5.91 Å². The van der Waals surface area contributed by atoms with Gasteiger partial charge in [-0.05, 0) is 43.7 Å². The van der Waals surface area contributed by atoms with Gasteiger partial charge in [-0.2, -0.15) is 0 Å². The summed E-state index contributed by atoms with van der Waals surface area (Å²) in [6.07, 6.45) is 4.65. The Hall–Kier alpha value is -2.86. The molecule has 1 N–H and O–H groups in total. The molecule has 1 aromatic carbocycles. The van der Waals surface area contributed by atoms with Gasteiger partial charge < -0.3 is 19.2 Å². The van der Waals surface area contributed by atoms with E-state index in [9.17, 15) is 4.79 Å². The van der Waals surface area contributed by atoms with Gasteiger partial charge in [0.15, 0.2) is 0 Å². The third-order valence-corrected chi connectivity index (χ3v) is 4.03. The highest BCUT2D eigenvalue weighted by Crippen LogP contribution is 2.16. The van der Waals surface area contributed by atoms with Crippen LogP contribution >= 0.6 is 0 Å². The van der Waals surface area contributed by atoms with Crippen molar-refractivity contribution in [2.24, 2.45) is 0 Å². The molecule has 1 amide bonds. The molecule has 1 atom stereocenters. The molecular formula is C20H23N3O3. The lowest BCUT2D eigenvalue weighted by Crippen LogP contribution is -2.33. The van der Waals surface area contributed by atoms with Crippen molar-refractivity contribution in [3.05, 3.63) is 66.1 Å². The molecule has 2 aromatic heterocycles. The molecule has 0 radical (unpaired) electrons. The first-order valence-electron chi connectivity index (χ1n) is 8.61. The quantitative estimate of drug-likeness (QED) is 0.676. The number of amides is 1. The van der Waals surface area contributed by atoms with E-state index < -0.39 is 0 Å². The van der Waals surface area contributed by atoms with Gasteiger partial charge in [0.05, 0.1) is 5.69 Å². The predicted octanol–water partition coefficient (Wildman–Crippen LogP) is 3.07. The van der Waals surface area contributed by atoms with Gasteiger partial charge in [-0.15, -0.1) is 0 Å². The number of pyridine rings is 1. The zero-order chi connectivity index (χ0) is 18.4. The number of carbonyl (C=O) groups excluding carboxylic acids is 1. The Morgan fingerprint density at radius 1 is 1.27 bits per heavy atom. The van der Waals surface area contributed by atoms with Crippen molar-refractivity contribution in [1.29, 1.82) is 0 Å². The van der Waals surface area contributed by atoms with Crippen molar-refractivity contribution in [3.8, 4) is 5.75 Å². The lowest BCUT2D eigenvalue weighted by atomic mass is 10.1. The van der Waals surface area contributed by atoms with Crippen LogP contribution in [0, 0.1) is 0 Å². The summed E-state index contributed by atoms with van der Waals surface area (Å²) < 4.78 is 12.8. The first kappa shape index (κ1) is 17.9. The second kappa shape index (κ2) is 8.49. The fraction of sp³-hybridized carbons (Fsp3) is 0.300. The van der Waals surface area contributed by atoms with E-state index in [4.69, 9.17) is 9.47 Å². The molecule has 26 heavy (non-hydrogen) atoms. The molecular weight excluding hydrogens is 330 g/mol. The maximum absolute atomic E-state index is 12.3. The van der Waals surface area contributed by atoms with Crippen LogP contribution in [-0.4, -0.2) is 35.1 Å². The third kappa shape index (κ3) is 4.61. The largest absolute Gasteiger partial charge is 0.487 e. The molecule has 136 valence electrons. The zero-order valence-corrected chi connectivity index (χ0v) is 15.0. The highest BCUT2D eigenvalue weighted by atomic mass is 16.5. The Morgan fingerprint density at radius 2 is 2.15 bits per heavy atom. The molecule has 0 bridgehead atoms. The van der Waals surface area contributed by atoms with E-state index in [0.717, 1.165) is 17.8 Å². The molecule has 0 aliphatic heterocycles. The molecule has 3 rings (SSSR count). The highest BCUT2D eigenvalue weighted by molar-refractivity contribution is 5.94. The first-order valence-corrected chi connectivity index (χ1v) is 8.61. The topological polar surface area (TPSA) is 64.9 Å². The van der Waals surface area contributed by atoms with E-state index >= 15 is 0 Å². The number of aromatic nitrogens is 2. The summed E-state index contributed by atoms with van der Waals surface area (Å²) in [5, 5.41) is 2.96. The fourth-order valence-corrected chi connectivity index (χ4v) is 2.62. The minimum absolute atomic E-state index is 0.0463. The first-order chi connectivity index (χ1) is 12.7. The number of ether oxygens (including phenoxy) is 2. The smallest absolute Gasteiger partial charge is 0.251 e. The Morgan fingerprint density at radius 3 is 2.96 bits per heavy atom. The number of carbonyl (C=O) groups is 1. The maximum Gasteiger partial charge on any atom is 0.251 e. The standard InChI is InChI=1S/C20H23N3O3/c1-15(9-11-25-2)21-20(24)16-6-5-7-18(12-16)26-14-17-13-23-10-4-3-8-19(23)22-17/h3-8,10,12-13,15H,9,11,14H2,1-2H3,(H,21,24). The number of nitrogens with zero attached hydrogens (tertiary/aromatic N) is 2. The number of hydrogen-bond acceptors (Lipinski definition) is 4. The molecule has 3 aromatic rings. The van der Waals surface area contributed by atoms with E-state index in [-0.39, 0.29) is 11.9 Å². The molecule has 6 nitrogen and oxygen atoms in total. The van der Waals surface area contributed by atoms with Crippen molar-refractivity contribution in [3.63, 3.8) is 0 Å². The Balaban J connectivity index is 1.60. The van der Waals surface area contributed by atoms with Crippen LogP contribution in [0.5, 0.6) is 5.75 Å². The summed E-state index contributed by atoms with van der Waals surface area (Å²) in [6, 6.07) is 13.1. The summed E-state index contributed by atoms with van der Waals surface area (Å²) in [6.45, 7) is 2.92. The maximum atomic E-state index is 12.3. The van der Waals surface area contributed by atoms with Gasteiger partial charge in [0.2, 0.25) is 0 Å². The minimum Gasteiger partial charge on any atom is -0.487 e. The van der Waals surface area contributed by atoms with Crippen molar-refractivity contribution in [2.75, 3.05) is 13.7 Å². The number of methoxy groups -OCH3 is 1. The molecule has 0 saturated carbocycles. The number of rotatable bonds is 8. The molecule has 0 fully saturated rings. The monoisotopic (exact) mass is 353 g/mol. The van der Waals surface area contributed by atoms with E-state index in [1.165, 1.54) is 0 Å². The van der Waals surface area contributed by atoms with Gasteiger partial charge in [0, 0.05) is 37.7 Å². The normalized spacial score (nSPS) is 12.1. The molecule has 6 heteroatoms. The summed E-state index contributed by atoms with van der Waals surface area (Å²) in [5.74, 6) is 0.519. The van der Waals surface area contributed by atoms with Crippen LogP contribution in [0.15, 0.2) is 54.9 Å². The van der Waals surface area contributed by atoms with E-state index in [1.54, 1.807) is 19.2 Å². The van der Waals surface area contributed by atoms with Gasteiger partial charge >= 0.3 is 0 Å². The van der Waals surface area contributed by atoms with Crippen LogP contribution < -0.4 is 10.1 Å². The second-order valence-corrected chi connectivity index (χ2v) is 6.17. The van der Waals surface area contributed by atoms with Gasteiger partial charge in [0.1, 0.15) is 18.0 Å². The summed E-state index contributed by atoms with van der Waals surface area (Å²) in [7, 11) is 1.65. The summed E-state index contributed by atoms with van der Waals surface area (Å²) in [5.41, 5.74) is 2.28. The Labute approximate surface area is 152 Å². The minimum atomic E-state index is -0.119. The Kier molecular flexibility index (Phi) is 5.86. The van der Waals surface area contributed by atoms with Crippen LogP contribution in [0.1, 0.15) is 29.4 Å². The predicted molar refractivity (Wildman–Crippen MR) is 99.4 cm³/mol. The van der Waals surface area contributed by atoms with Crippen LogP contribution in [0.4, 0.5) is 0 Å². The SMILES string of the molecule is COCCC(C)NC(=O)c1cccc(OCc2cn3ccccc3n2)c1. The number of benzene rings is 1. The summed E-state index contributed by atoms with van der Waals surface area (Å²) in [4.78, 5) is 16.8. The van der Waals surface area contributed by atoms with Crippen LogP contribution in [0.2, 0.25) is 0 Å². The van der Waals surface area contributed by atoms with E-state index in [1.807, 2.05) is 54.0 Å². The lowest BCUT2D eigenvalue weighted by molar-refractivity contribution is 0.0929. The van der Waals surface area contributed by atoms with Crippen molar-refractivity contribution < 1.29 is 14.3 Å². The Bertz CT molecular complexity index is 842. The molecule has 0 spiro atoms. The average Bonchev–Trinajstić information content (AvgIpc) is 3.08. The van der Waals surface area contributed by atoms with Gasteiger partial charge in [-0.3, -0.25) is 4.79 Å². The highest BCUT2D eigenvalue weighted by Gasteiger charge is 2.11. The van der Waals surface area contributed by atoms with Gasteiger partial charge in [-0.25, -0.2) is 4.98 Å². The van der Waals surface area contributed by atoms with Crippen LogP contribution in [-0.2, 0) is 11.3 Å². The molecule has 0 aliphatic carbocycles. The van der Waals surface area contributed by atoms with Crippen molar-refractivity contribution >= 4 is 11.6 Å². The number of hydrogen-bond donors (Lipinski definition) is 1. The van der Waals surface area contributed by atoms with Crippen LogP contribution in [0.25, 0.3) is 5.65 Å². The number of imidazole rings is 1. The van der Waals surface area contributed by atoms with Crippen LogP contribution in [0.3, 0.4) is 0 Å².